The molecule has 21 heavy (non-hydrogen) atoms. The van der Waals surface area contributed by atoms with Crippen molar-refractivity contribution in [3.05, 3.63) is 41.2 Å². The van der Waals surface area contributed by atoms with Crippen molar-refractivity contribution in [3.63, 3.8) is 0 Å². The predicted octanol–water partition coefficient (Wildman–Crippen LogP) is 1.19. The number of aromatic nitrogens is 2. The van der Waals surface area contributed by atoms with Gasteiger partial charge < -0.3 is 5.32 Å². The van der Waals surface area contributed by atoms with Crippen molar-refractivity contribution in [1.29, 1.82) is 0 Å². The summed E-state index contributed by atoms with van der Waals surface area (Å²) in [6.07, 6.45) is 1.25. The number of sulfonamides is 1. The molecule has 1 aromatic carbocycles. The first-order valence-electron chi connectivity index (χ1n) is 6.20. The lowest BCUT2D eigenvalue weighted by Crippen LogP contribution is -2.19. The molecular formula is C13H16N4O3S. The van der Waals surface area contributed by atoms with Crippen molar-refractivity contribution in [2.75, 3.05) is 11.8 Å². The number of amides is 1. The van der Waals surface area contributed by atoms with E-state index in [1.54, 1.807) is 26.0 Å². The van der Waals surface area contributed by atoms with E-state index in [4.69, 9.17) is 0 Å². The highest BCUT2D eigenvalue weighted by Crippen LogP contribution is 2.22. The zero-order valence-electron chi connectivity index (χ0n) is 11.9. The lowest BCUT2D eigenvalue weighted by atomic mass is 10.1. The van der Waals surface area contributed by atoms with E-state index in [1.165, 1.54) is 19.3 Å². The van der Waals surface area contributed by atoms with Crippen LogP contribution >= 0.6 is 0 Å². The minimum Gasteiger partial charge on any atom is -0.355 e. The van der Waals surface area contributed by atoms with Gasteiger partial charge in [-0.15, -0.1) is 0 Å². The topological polar surface area (TPSA) is 104 Å². The Hall–Kier alpha value is -2.35. The van der Waals surface area contributed by atoms with Crippen LogP contribution in [0, 0.1) is 13.8 Å². The molecule has 112 valence electrons. The largest absolute Gasteiger partial charge is 0.355 e. The Morgan fingerprint density at radius 1 is 1.29 bits per heavy atom. The fourth-order valence-corrected chi connectivity index (χ4v) is 3.09. The molecule has 0 aliphatic heterocycles. The molecule has 0 atom stereocenters. The van der Waals surface area contributed by atoms with Crippen LogP contribution in [0.3, 0.4) is 0 Å². The predicted molar refractivity (Wildman–Crippen MR) is 78.7 cm³/mol. The maximum atomic E-state index is 12.3. The molecule has 0 aliphatic carbocycles. The number of nitrogens with one attached hydrogen (secondary N) is 3. The summed E-state index contributed by atoms with van der Waals surface area (Å²) in [6, 6.07) is 4.82. The molecule has 0 aliphatic rings. The molecule has 0 saturated carbocycles. The van der Waals surface area contributed by atoms with Crippen LogP contribution in [0.1, 0.15) is 21.6 Å². The van der Waals surface area contributed by atoms with Crippen LogP contribution in [0.25, 0.3) is 0 Å². The molecule has 3 N–H and O–H groups in total. The number of nitrogens with zero attached hydrogens (tertiary/aromatic N) is 1. The molecule has 0 bridgehead atoms. The van der Waals surface area contributed by atoms with Crippen molar-refractivity contribution in [2.24, 2.45) is 0 Å². The lowest BCUT2D eigenvalue weighted by molar-refractivity contribution is 0.0963. The van der Waals surface area contributed by atoms with Gasteiger partial charge in [-0.25, -0.2) is 8.42 Å². The zero-order valence-corrected chi connectivity index (χ0v) is 12.7. The van der Waals surface area contributed by atoms with Crippen LogP contribution in [-0.2, 0) is 10.0 Å². The third kappa shape index (κ3) is 3.05. The molecule has 0 saturated heterocycles. The summed E-state index contributed by atoms with van der Waals surface area (Å²) in [6.45, 7) is 3.38. The average molecular weight is 308 g/mol. The third-order valence-corrected chi connectivity index (χ3v) is 4.52. The smallest absolute Gasteiger partial charge is 0.265 e. The highest BCUT2D eigenvalue weighted by molar-refractivity contribution is 7.92. The minimum atomic E-state index is -3.75. The summed E-state index contributed by atoms with van der Waals surface area (Å²) in [4.78, 5) is 11.7. The van der Waals surface area contributed by atoms with Gasteiger partial charge in [0.2, 0.25) is 0 Å². The molecule has 2 rings (SSSR count). The van der Waals surface area contributed by atoms with E-state index in [0.29, 0.717) is 22.5 Å². The summed E-state index contributed by atoms with van der Waals surface area (Å²) in [5, 5.41) is 8.78. The second-order valence-corrected chi connectivity index (χ2v) is 6.22. The monoisotopic (exact) mass is 308 g/mol. The maximum absolute atomic E-state index is 12.3. The second-order valence-electron chi connectivity index (χ2n) is 4.57. The van der Waals surface area contributed by atoms with Crippen molar-refractivity contribution >= 4 is 21.6 Å². The molecule has 1 amide bonds. The number of hydrogen-bond acceptors (Lipinski definition) is 4. The van der Waals surface area contributed by atoms with Gasteiger partial charge in [0.05, 0.1) is 17.6 Å². The Balaban J connectivity index is 2.40. The Bertz CT molecular complexity index is 780. The van der Waals surface area contributed by atoms with E-state index < -0.39 is 10.0 Å². The number of aromatic amines is 1. The Labute approximate surface area is 122 Å². The molecule has 0 radical (unpaired) electrons. The van der Waals surface area contributed by atoms with Gasteiger partial charge in [0.25, 0.3) is 15.9 Å². The first-order valence-corrected chi connectivity index (χ1v) is 7.69. The maximum Gasteiger partial charge on any atom is 0.265 e. The molecule has 1 aromatic heterocycles. The summed E-state index contributed by atoms with van der Waals surface area (Å²) in [7, 11) is -2.23. The molecule has 0 spiro atoms. The minimum absolute atomic E-state index is 0.0762. The third-order valence-electron chi connectivity index (χ3n) is 3.04. The Morgan fingerprint density at radius 2 is 2.00 bits per heavy atom. The van der Waals surface area contributed by atoms with Crippen molar-refractivity contribution in [3.8, 4) is 0 Å². The van der Waals surface area contributed by atoms with Crippen LogP contribution in [-0.4, -0.2) is 31.6 Å². The number of benzene rings is 1. The number of H-pyrrole nitrogens is 1. The number of anilines is 1. The zero-order chi connectivity index (χ0) is 15.6. The van der Waals surface area contributed by atoms with Crippen LogP contribution in [0.15, 0.2) is 29.3 Å². The number of aryl methyl sites for hydroxylation is 2. The van der Waals surface area contributed by atoms with Crippen LogP contribution in [0.2, 0.25) is 0 Å². The van der Waals surface area contributed by atoms with Gasteiger partial charge in [-0.3, -0.25) is 14.6 Å². The molecule has 1 heterocycles. The summed E-state index contributed by atoms with van der Waals surface area (Å²) >= 11 is 0. The highest BCUT2D eigenvalue weighted by atomic mass is 32.2. The number of carbonyl (C=O) groups excluding carboxylic acids is 1. The van der Waals surface area contributed by atoms with Crippen LogP contribution in [0.4, 0.5) is 5.69 Å². The van der Waals surface area contributed by atoms with Gasteiger partial charge in [-0.1, -0.05) is 6.07 Å². The van der Waals surface area contributed by atoms with E-state index in [-0.39, 0.29) is 10.8 Å². The van der Waals surface area contributed by atoms with E-state index in [1.807, 2.05) is 0 Å². The molecule has 0 fully saturated rings. The standard InChI is InChI=1S/C13H16N4O3S/c1-8-4-5-10(13(18)14-3)6-11(8)17-21(19,20)12-7-15-16-9(12)2/h4-7,17H,1-3H3,(H,14,18)(H,15,16). The van der Waals surface area contributed by atoms with Crippen LogP contribution < -0.4 is 10.0 Å². The Morgan fingerprint density at radius 3 is 2.57 bits per heavy atom. The molecule has 7 nitrogen and oxygen atoms in total. The van der Waals surface area contributed by atoms with E-state index in [9.17, 15) is 13.2 Å². The first-order chi connectivity index (χ1) is 9.85. The van der Waals surface area contributed by atoms with Crippen molar-refractivity contribution in [1.82, 2.24) is 15.5 Å². The first kappa shape index (κ1) is 15.0. The van der Waals surface area contributed by atoms with Gasteiger partial charge in [0.15, 0.2) is 0 Å². The number of carbonyl (C=O) groups is 1. The van der Waals surface area contributed by atoms with Gasteiger partial charge >= 0.3 is 0 Å². The van der Waals surface area contributed by atoms with Crippen molar-refractivity contribution < 1.29 is 13.2 Å². The van der Waals surface area contributed by atoms with E-state index in [2.05, 4.69) is 20.2 Å². The fourth-order valence-electron chi connectivity index (χ4n) is 1.83. The number of hydrogen-bond donors (Lipinski definition) is 3. The highest BCUT2D eigenvalue weighted by Gasteiger charge is 2.20. The van der Waals surface area contributed by atoms with E-state index >= 15 is 0 Å². The summed E-state index contributed by atoms with van der Waals surface area (Å²) in [5.74, 6) is -0.282. The SMILES string of the molecule is CNC(=O)c1ccc(C)c(NS(=O)(=O)c2cn[nH]c2C)c1. The fraction of sp³-hybridized carbons (Fsp3) is 0.231. The molecular weight excluding hydrogens is 292 g/mol. The molecule has 2 aromatic rings. The number of rotatable bonds is 4. The van der Waals surface area contributed by atoms with Gasteiger partial charge in [0.1, 0.15) is 4.90 Å². The quantitative estimate of drug-likeness (QED) is 0.789. The average Bonchev–Trinajstić information content (AvgIpc) is 2.87. The van der Waals surface area contributed by atoms with Crippen molar-refractivity contribution in [2.45, 2.75) is 18.7 Å². The molecule has 0 unspecified atom stereocenters. The van der Waals surface area contributed by atoms with E-state index in [0.717, 1.165) is 0 Å². The van der Waals surface area contributed by atoms with Crippen LogP contribution in [0.5, 0.6) is 0 Å². The summed E-state index contributed by atoms with van der Waals surface area (Å²) in [5.41, 5.74) is 1.90. The molecule has 8 heteroatoms. The summed E-state index contributed by atoms with van der Waals surface area (Å²) < 4.78 is 27.1. The van der Waals surface area contributed by atoms with Gasteiger partial charge in [-0.2, -0.15) is 5.10 Å². The second kappa shape index (κ2) is 5.57. The van der Waals surface area contributed by atoms with Gasteiger partial charge in [-0.05, 0) is 31.5 Å². The van der Waals surface area contributed by atoms with Gasteiger partial charge in [0, 0.05) is 12.6 Å². The lowest BCUT2D eigenvalue weighted by Gasteiger charge is -2.11. The normalized spacial score (nSPS) is 11.2. The Kier molecular flexibility index (Phi) is 3.99.